The SMILES string of the molecule is COc1ccc(C(O)CNO)cc1F. The summed E-state index contributed by atoms with van der Waals surface area (Å²) >= 11 is 0. The molecule has 1 aromatic carbocycles. The molecule has 5 heteroatoms. The van der Waals surface area contributed by atoms with E-state index in [1.54, 1.807) is 0 Å². The van der Waals surface area contributed by atoms with Crippen molar-refractivity contribution >= 4 is 0 Å². The molecule has 0 fully saturated rings. The fraction of sp³-hybridized carbons (Fsp3) is 0.333. The highest BCUT2D eigenvalue weighted by molar-refractivity contribution is 5.30. The monoisotopic (exact) mass is 201 g/mol. The Balaban J connectivity index is 2.85. The van der Waals surface area contributed by atoms with E-state index in [4.69, 9.17) is 9.94 Å². The normalized spacial score (nSPS) is 12.6. The van der Waals surface area contributed by atoms with E-state index < -0.39 is 11.9 Å². The Morgan fingerprint density at radius 2 is 2.29 bits per heavy atom. The molecule has 0 saturated carbocycles. The van der Waals surface area contributed by atoms with Crippen LogP contribution in [0.15, 0.2) is 18.2 Å². The molecular formula is C9H12FNO3. The summed E-state index contributed by atoms with van der Waals surface area (Å²) in [7, 11) is 1.36. The number of nitrogens with one attached hydrogen (secondary N) is 1. The maximum atomic E-state index is 13.1. The molecule has 3 N–H and O–H groups in total. The topological polar surface area (TPSA) is 61.7 Å². The molecule has 0 aliphatic heterocycles. The van der Waals surface area contributed by atoms with Crippen molar-refractivity contribution in [2.75, 3.05) is 13.7 Å². The molecule has 0 amide bonds. The summed E-state index contributed by atoms with van der Waals surface area (Å²) in [5.74, 6) is -0.417. The summed E-state index contributed by atoms with van der Waals surface area (Å²) in [6, 6.07) is 4.12. The van der Waals surface area contributed by atoms with E-state index in [9.17, 15) is 9.50 Å². The molecule has 1 unspecified atom stereocenters. The zero-order chi connectivity index (χ0) is 10.6. The molecule has 0 bridgehead atoms. The van der Waals surface area contributed by atoms with Crippen LogP contribution in [0.4, 0.5) is 4.39 Å². The summed E-state index contributed by atoms with van der Waals surface area (Å²) in [5.41, 5.74) is 2.19. The molecule has 0 spiro atoms. The molecule has 1 atom stereocenters. The van der Waals surface area contributed by atoms with Crippen LogP contribution in [0, 0.1) is 5.82 Å². The van der Waals surface area contributed by atoms with Crippen LogP contribution in [-0.2, 0) is 0 Å². The van der Waals surface area contributed by atoms with Crippen LogP contribution >= 0.6 is 0 Å². The first-order valence-electron chi connectivity index (χ1n) is 4.07. The second-order valence-corrected chi connectivity index (χ2v) is 2.77. The van der Waals surface area contributed by atoms with E-state index in [0.717, 1.165) is 0 Å². The lowest BCUT2D eigenvalue weighted by Crippen LogP contribution is -2.17. The Kier molecular flexibility index (Phi) is 3.82. The van der Waals surface area contributed by atoms with E-state index in [1.165, 1.54) is 25.3 Å². The Bertz CT molecular complexity index is 306. The Hall–Kier alpha value is -1.17. The molecule has 0 aliphatic carbocycles. The first kappa shape index (κ1) is 10.9. The van der Waals surface area contributed by atoms with Crippen LogP contribution < -0.4 is 10.2 Å². The van der Waals surface area contributed by atoms with Crippen LogP contribution in [0.1, 0.15) is 11.7 Å². The van der Waals surface area contributed by atoms with Gasteiger partial charge in [0.05, 0.1) is 19.8 Å². The molecule has 0 heterocycles. The zero-order valence-corrected chi connectivity index (χ0v) is 7.70. The van der Waals surface area contributed by atoms with Crippen molar-refractivity contribution in [2.45, 2.75) is 6.10 Å². The molecule has 0 aliphatic rings. The van der Waals surface area contributed by atoms with E-state index in [2.05, 4.69) is 0 Å². The predicted octanol–water partition coefficient (Wildman–Crippen LogP) is 0.847. The minimum Gasteiger partial charge on any atom is -0.494 e. The second kappa shape index (κ2) is 4.90. The highest BCUT2D eigenvalue weighted by Gasteiger charge is 2.10. The van der Waals surface area contributed by atoms with Gasteiger partial charge in [-0.05, 0) is 17.7 Å². The van der Waals surface area contributed by atoms with E-state index in [1.807, 2.05) is 5.48 Å². The summed E-state index contributed by atoms with van der Waals surface area (Å²) in [5, 5.41) is 17.7. The van der Waals surface area contributed by atoms with Crippen LogP contribution in [0.25, 0.3) is 0 Å². The maximum absolute atomic E-state index is 13.1. The largest absolute Gasteiger partial charge is 0.494 e. The Labute approximate surface area is 80.9 Å². The number of benzene rings is 1. The van der Waals surface area contributed by atoms with E-state index in [-0.39, 0.29) is 12.3 Å². The van der Waals surface area contributed by atoms with Gasteiger partial charge in [0.1, 0.15) is 0 Å². The van der Waals surface area contributed by atoms with Crippen molar-refractivity contribution in [3.8, 4) is 5.75 Å². The van der Waals surface area contributed by atoms with Crippen LogP contribution in [0.2, 0.25) is 0 Å². The lowest BCUT2D eigenvalue weighted by Gasteiger charge is -2.10. The van der Waals surface area contributed by atoms with Crippen molar-refractivity contribution < 1.29 is 19.4 Å². The third-order valence-corrected chi connectivity index (χ3v) is 1.85. The summed E-state index contributed by atoms with van der Waals surface area (Å²) in [4.78, 5) is 0. The van der Waals surface area contributed by atoms with Crippen LogP contribution in [0.5, 0.6) is 5.75 Å². The summed E-state index contributed by atoms with van der Waals surface area (Å²) in [6.45, 7) is -0.0498. The van der Waals surface area contributed by atoms with Gasteiger partial charge in [0.2, 0.25) is 0 Å². The maximum Gasteiger partial charge on any atom is 0.165 e. The molecule has 0 aromatic heterocycles. The predicted molar refractivity (Wildman–Crippen MR) is 47.7 cm³/mol. The molecule has 0 saturated heterocycles. The van der Waals surface area contributed by atoms with Gasteiger partial charge in [-0.1, -0.05) is 6.07 Å². The van der Waals surface area contributed by atoms with Crippen LogP contribution in [-0.4, -0.2) is 24.0 Å². The van der Waals surface area contributed by atoms with Gasteiger partial charge in [0.25, 0.3) is 0 Å². The van der Waals surface area contributed by atoms with Gasteiger partial charge >= 0.3 is 0 Å². The molecule has 1 aromatic rings. The first-order valence-corrected chi connectivity index (χ1v) is 4.07. The summed E-state index contributed by atoms with van der Waals surface area (Å²) < 4.78 is 17.9. The minimum absolute atomic E-state index is 0.0498. The van der Waals surface area contributed by atoms with Crippen molar-refractivity contribution in [1.29, 1.82) is 0 Å². The third kappa shape index (κ3) is 2.41. The molecule has 4 nitrogen and oxygen atoms in total. The smallest absolute Gasteiger partial charge is 0.165 e. The molecule has 14 heavy (non-hydrogen) atoms. The van der Waals surface area contributed by atoms with Gasteiger partial charge in [-0.15, -0.1) is 0 Å². The summed E-state index contributed by atoms with van der Waals surface area (Å²) in [6.07, 6.45) is -0.944. The lowest BCUT2D eigenvalue weighted by molar-refractivity contribution is 0.0919. The highest BCUT2D eigenvalue weighted by atomic mass is 19.1. The van der Waals surface area contributed by atoms with Crippen molar-refractivity contribution in [3.63, 3.8) is 0 Å². The zero-order valence-electron chi connectivity index (χ0n) is 7.70. The Morgan fingerprint density at radius 1 is 1.57 bits per heavy atom. The number of aliphatic hydroxyl groups excluding tert-OH is 1. The van der Waals surface area contributed by atoms with Gasteiger partial charge in [0, 0.05) is 0 Å². The number of methoxy groups -OCH3 is 1. The average Bonchev–Trinajstić information content (AvgIpc) is 2.18. The molecule has 1 rings (SSSR count). The fourth-order valence-electron chi connectivity index (χ4n) is 1.09. The number of aliphatic hydroxyl groups is 1. The quantitative estimate of drug-likeness (QED) is 0.632. The molecule has 78 valence electrons. The number of hydrogen-bond donors (Lipinski definition) is 3. The van der Waals surface area contributed by atoms with Crippen molar-refractivity contribution in [3.05, 3.63) is 29.6 Å². The van der Waals surface area contributed by atoms with Crippen LogP contribution in [0.3, 0.4) is 0 Å². The fourth-order valence-corrected chi connectivity index (χ4v) is 1.09. The minimum atomic E-state index is -0.944. The number of ether oxygens (including phenoxy) is 1. The number of hydroxylamine groups is 1. The Morgan fingerprint density at radius 3 is 2.79 bits per heavy atom. The molecular weight excluding hydrogens is 189 g/mol. The number of hydrogen-bond acceptors (Lipinski definition) is 4. The third-order valence-electron chi connectivity index (χ3n) is 1.85. The van der Waals surface area contributed by atoms with Gasteiger partial charge in [-0.3, -0.25) is 0 Å². The van der Waals surface area contributed by atoms with Gasteiger partial charge in [-0.25, -0.2) is 9.87 Å². The van der Waals surface area contributed by atoms with Crippen molar-refractivity contribution in [1.82, 2.24) is 5.48 Å². The standard InChI is InChI=1S/C9H12FNO3/c1-14-9-3-2-6(4-7(9)10)8(12)5-11-13/h2-4,8,11-13H,5H2,1H3. The number of halogens is 1. The lowest BCUT2D eigenvalue weighted by atomic mass is 10.1. The van der Waals surface area contributed by atoms with Gasteiger partial charge in [-0.2, -0.15) is 0 Å². The first-order chi connectivity index (χ1) is 6.69. The second-order valence-electron chi connectivity index (χ2n) is 2.77. The molecule has 0 radical (unpaired) electrons. The van der Waals surface area contributed by atoms with E-state index >= 15 is 0 Å². The van der Waals surface area contributed by atoms with Crippen molar-refractivity contribution in [2.24, 2.45) is 0 Å². The average molecular weight is 201 g/mol. The van der Waals surface area contributed by atoms with E-state index in [0.29, 0.717) is 5.56 Å². The van der Waals surface area contributed by atoms with Gasteiger partial charge in [0.15, 0.2) is 11.6 Å². The van der Waals surface area contributed by atoms with Gasteiger partial charge < -0.3 is 15.1 Å². The highest BCUT2D eigenvalue weighted by Crippen LogP contribution is 2.21. The number of rotatable bonds is 4.